The van der Waals surface area contributed by atoms with E-state index in [2.05, 4.69) is 5.32 Å². The van der Waals surface area contributed by atoms with Gasteiger partial charge in [0.25, 0.3) is 0 Å². The summed E-state index contributed by atoms with van der Waals surface area (Å²) < 4.78 is 0. The van der Waals surface area contributed by atoms with Gasteiger partial charge in [0, 0.05) is 12.0 Å². The van der Waals surface area contributed by atoms with E-state index in [0.717, 1.165) is 25.7 Å². The lowest BCUT2D eigenvalue weighted by Crippen LogP contribution is -2.25. The minimum Gasteiger partial charge on any atom is -0.508 e. The maximum atomic E-state index is 12.0. The molecule has 0 atom stereocenters. The molecule has 92 valence electrons. The molecule has 0 radical (unpaired) electrons. The van der Waals surface area contributed by atoms with Crippen molar-refractivity contribution in [3.63, 3.8) is 0 Å². The average Bonchev–Trinajstić information content (AvgIpc) is 2.34. The Kier molecular flexibility index (Phi) is 3.52. The highest BCUT2D eigenvalue weighted by Crippen LogP contribution is 2.27. The lowest BCUT2D eigenvalue weighted by molar-refractivity contribution is -0.120. The van der Waals surface area contributed by atoms with Crippen LogP contribution in [-0.4, -0.2) is 11.0 Å². The fraction of sp³-hybridized carbons (Fsp3) is 0.462. The molecule has 17 heavy (non-hydrogen) atoms. The Morgan fingerprint density at radius 1 is 1.29 bits per heavy atom. The van der Waals surface area contributed by atoms with Crippen LogP contribution in [0.15, 0.2) is 18.2 Å². The molecule has 2 rings (SSSR count). The molecule has 1 fully saturated rings. The minimum absolute atomic E-state index is 0.0436. The zero-order chi connectivity index (χ0) is 12.3. The van der Waals surface area contributed by atoms with Gasteiger partial charge in [0.05, 0.1) is 11.4 Å². The second-order valence-corrected chi connectivity index (χ2v) is 4.60. The van der Waals surface area contributed by atoms with Crippen molar-refractivity contribution >= 4 is 17.3 Å². The first-order valence-electron chi connectivity index (χ1n) is 6.06. The Balaban J connectivity index is 2.02. The van der Waals surface area contributed by atoms with E-state index in [4.69, 9.17) is 5.73 Å². The first kappa shape index (κ1) is 11.8. The van der Waals surface area contributed by atoms with Crippen molar-refractivity contribution in [2.45, 2.75) is 32.1 Å². The van der Waals surface area contributed by atoms with Gasteiger partial charge < -0.3 is 16.2 Å². The molecule has 1 aliphatic rings. The van der Waals surface area contributed by atoms with E-state index in [1.54, 1.807) is 6.07 Å². The Morgan fingerprint density at radius 3 is 2.65 bits per heavy atom. The Bertz CT molecular complexity index is 412. The number of amides is 1. The van der Waals surface area contributed by atoms with E-state index < -0.39 is 0 Å². The summed E-state index contributed by atoms with van der Waals surface area (Å²) in [6.45, 7) is 0. The number of hydrogen-bond donors (Lipinski definition) is 3. The number of anilines is 2. The van der Waals surface area contributed by atoms with Crippen molar-refractivity contribution in [1.29, 1.82) is 0 Å². The summed E-state index contributed by atoms with van der Waals surface area (Å²) in [5, 5.41) is 12.1. The third-order valence-corrected chi connectivity index (χ3v) is 3.27. The largest absolute Gasteiger partial charge is 0.508 e. The maximum Gasteiger partial charge on any atom is 0.227 e. The number of phenols is 1. The summed E-state index contributed by atoms with van der Waals surface area (Å²) in [5.41, 5.74) is 6.70. The van der Waals surface area contributed by atoms with Crippen LogP contribution in [0.2, 0.25) is 0 Å². The van der Waals surface area contributed by atoms with Gasteiger partial charge in [-0.15, -0.1) is 0 Å². The SMILES string of the molecule is Nc1cc(O)ccc1NC(=O)C1CCCCC1. The number of nitrogen functional groups attached to an aromatic ring is 1. The molecule has 0 spiro atoms. The van der Waals surface area contributed by atoms with E-state index in [-0.39, 0.29) is 17.6 Å². The Morgan fingerprint density at radius 2 is 2.00 bits per heavy atom. The molecule has 0 aliphatic heterocycles. The number of carbonyl (C=O) groups excluding carboxylic acids is 1. The van der Waals surface area contributed by atoms with Crippen molar-refractivity contribution in [2.24, 2.45) is 5.92 Å². The first-order chi connectivity index (χ1) is 8.16. The summed E-state index contributed by atoms with van der Waals surface area (Å²) >= 11 is 0. The summed E-state index contributed by atoms with van der Waals surface area (Å²) in [6.07, 6.45) is 5.41. The van der Waals surface area contributed by atoms with E-state index in [1.807, 2.05) is 0 Å². The van der Waals surface area contributed by atoms with Crippen molar-refractivity contribution in [3.8, 4) is 5.75 Å². The van der Waals surface area contributed by atoms with E-state index in [0.29, 0.717) is 11.4 Å². The van der Waals surface area contributed by atoms with Crippen molar-refractivity contribution in [3.05, 3.63) is 18.2 Å². The maximum absolute atomic E-state index is 12.0. The quantitative estimate of drug-likeness (QED) is 0.543. The molecule has 1 aliphatic carbocycles. The number of aromatic hydroxyl groups is 1. The summed E-state index contributed by atoms with van der Waals surface area (Å²) in [5.74, 6) is 0.261. The number of benzene rings is 1. The highest BCUT2D eigenvalue weighted by atomic mass is 16.3. The number of nitrogens with two attached hydrogens (primary N) is 1. The zero-order valence-electron chi connectivity index (χ0n) is 9.78. The van der Waals surface area contributed by atoms with Gasteiger partial charge in [-0.1, -0.05) is 19.3 Å². The molecule has 0 heterocycles. The lowest BCUT2D eigenvalue weighted by atomic mass is 9.88. The first-order valence-corrected chi connectivity index (χ1v) is 6.06. The number of rotatable bonds is 2. The van der Waals surface area contributed by atoms with Gasteiger partial charge in [-0.25, -0.2) is 0 Å². The molecule has 4 heteroatoms. The van der Waals surface area contributed by atoms with Gasteiger partial charge in [0.1, 0.15) is 5.75 Å². The molecule has 1 saturated carbocycles. The van der Waals surface area contributed by atoms with Crippen LogP contribution in [-0.2, 0) is 4.79 Å². The molecule has 1 aromatic rings. The second-order valence-electron chi connectivity index (χ2n) is 4.60. The molecule has 0 saturated heterocycles. The minimum atomic E-state index is 0.0436. The molecular weight excluding hydrogens is 216 g/mol. The molecule has 0 unspecified atom stereocenters. The summed E-state index contributed by atoms with van der Waals surface area (Å²) in [4.78, 5) is 12.0. The standard InChI is InChI=1S/C13H18N2O2/c14-11-8-10(16)6-7-12(11)15-13(17)9-4-2-1-3-5-9/h6-9,16H,1-5,14H2,(H,15,17). The van der Waals surface area contributed by atoms with Crippen LogP contribution >= 0.6 is 0 Å². The average molecular weight is 234 g/mol. The third-order valence-electron chi connectivity index (χ3n) is 3.27. The van der Waals surface area contributed by atoms with Gasteiger partial charge in [-0.2, -0.15) is 0 Å². The summed E-state index contributed by atoms with van der Waals surface area (Å²) in [7, 11) is 0. The van der Waals surface area contributed by atoms with Crippen molar-refractivity contribution in [1.82, 2.24) is 0 Å². The van der Waals surface area contributed by atoms with Crippen LogP contribution in [0.5, 0.6) is 5.75 Å². The van der Waals surface area contributed by atoms with Gasteiger partial charge in [0.2, 0.25) is 5.91 Å². The number of phenolic OH excluding ortho intramolecular Hbond substituents is 1. The highest BCUT2D eigenvalue weighted by Gasteiger charge is 2.21. The molecule has 1 aromatic carbocycles. The van der Waals surface area contributed by atoms with Gasteiger partial charge in [-0.3, -0.25) is 4.79 Å². The van der Waals surface area contributed by atoms with Crippen LogP contribution < -0.4 is 11.1 Å². The van der Waals surface area contributed by atoms with Crippen molar-refractivity contribution in [2.75, 3.05) is 11.1 Å². The molecular formula is C13H18N2O2. The predicted molar refractivity (Wildman–Crippen MR) is 67.7 cm³/mol. The number of hydrogen-bond acceptors (Lipinski definition) is 3. The lowest BCUT2D eigenvalue weighted by Gasteiger charge is -2.21. The fourth-order valence-electron chi connectivity index (χ4n) is 2.26. The number of carbonyl (C=O) groups is 1. The zero-order valence-corrected chi connectivity index (χ0v) is 9.78. The molecule has 0 aromatic heterocycles. The molecule has 4 nitrogen and oxygen atoms in total. The Hall–Kier alpha value is -1.71. The Labute approximate surface area is 101 Å². The fourth-order valence-corrected chi connectivity index (χ4v) is 2.26. The predicted octanol–water partition coefficient (Wildman–Crippen LogP) is 2.49. The van der Waals surface area contributed by atoms with Crippen LogP contribution in [0.25, 0.3) is 0 Å². The van der Waals surface area contributed by atoms with Crippen LogP contribution in [0.3, 0.4) is 0 Å². The van der Waals surface area contributed by atoms with Gasteiger partial charge in [-0.05, 0) is 25.0 Å². The van der Waals surface area contributed by atoms with Crippen LogP contribution in [0.1, 0.15) is 32.1 Å². The summed E-state index contributed by atoms with van der Waals surface area (Å²) in [6, 6.07) is 4.59. The van der Waals surface area contributed by atoms with Gasteiger partial charge >= 0.3 is 0 Å². The highest BCUT2D eigenvalue weighted by molar-refractivity contribution is 5.95. The topological polar surface area (TPSA) is 75.3 Å². The van der Waals surface area contributed by atoms with Crippen LogP contribution in [0.4, 0.5) is 11.4 Å². The van der Waals surface area contributed by atoms with E-state index in [9.17, 15) is 9.90 Å². The van der Waals surface area contributed by atoms with Gasteiger partial charge in [0.15, 0.2) is 0 Å². The van der Waals surface area contributed by atoms with Crippen molar-refractivity contribution < 1.29 is 9.90 Å². The monoisotopic (exact) mass is 234 g/mol. The van der Waals surface area contributed by atoms with E-state index >= 15 is 0 Å². The number of nitrogens with one attached hydrogen (secondary N) is 1. The molecule has 4 N–H and O–H groups in total. The second kappa shape index (κ2) is 5.08. The van der Waals surface area contributed by atoms with Crippen LogP contribution in [0, 0.1) is 5.92 Å². The van der Waals surface area contributed by atoms with E-state index in [1.165, 1.54) is 18.6 Å². The third kappa shape index (κ3) is 2.90. The smallest absolute Gasteiger partial charge is 0.227 e. The molecule has 1 amide bonds. The normalized spacial score (nSPS) is 16.7. The molecule has 0 bridgehead atoms.